The molecular formula is C16H15BrN2O2. The first-order valence-electron chi connectivity index (χ1n) is 6.88. The number of anilines is 1. The third kappa shape index (κ3) is 2.93. The van der Waals surface area contributed by atoms with Gasteiger partial charge in [-0.05, 0) is 52.4 Å². The number of carboxylic acid groups (broad SMARTS) is 1. The summed E-state index contributed by atoms with van der Waals surface area (Å²) in [4.78, 5) is 15.6. The first kappa shape index (κ1) is 14.1. The van der Waals surface area contributed by atoms with Crippen molar-refractivity contribution in [3.05, 3.63) is 57.7 Å². The summed E-state index contributed by atoms with van der Waals surface area (Å²) in [6, 6.07) is 9.99. The Balaban J connectivity index is 1.93. The lowest BCUT2D eigenvalue weighted by atomic mass is 9.87. The predicted octanol–water partition coefficient (Wildman–Crippen LogP) is 4.03. The van der Waals surface area contributed by atoms with E-state index in [0.717, 1.165) is 19.3 Å². The molecule has 1 aliphatic rings. The van der Waals surface area contributed by atoms with Gasteiger partial charge in [-0.3, -0.25) is 0 Å². The van der Waals surface area contributed by atoms with Crippen molar-refractivity contribution < 1.29 is 9.90 Å². The van der Waals surface area contributed by atoms with Crippen LogP contribution in [-0.2, 0) is 6.42 Å². The van der Waals surface area contributed by atoms with Gasteiger partial charge in [-0.25, -0.2) is 9.78 Å². The van der Waals surface area contributed by atoms with Crippen molar-refractivity contribution in [2.45, 2.75) is 25.3 Å². The minimum atomic E-state index is -0.976. The van der Waals surface area contributed by atoms with E-state index in [1.54, 1.807) is 12.3 Å². The van der Waals surface area contributed by atoms with Crippen LogP contribution in [0.25, 0.3) is 0 Å². The number of aryl methyl sites for hydroxylation is 1. The van der Waals surface area contributed by atoms with Gasteiger partial charge in [-0.15, -0.1) is 0 Å². The van der Waals surface area contributed by atoms with E-state index >= 15 is 0 Å². The fourth-order valence-electron chi connectivity index (χ4n) is 2.79. The van der Waals surface area contributed by atoms with Crippen LogP contribution in [0, 0.1) is 0 Å². The summed E-state index contributed by atoms with van der Waals surface area (Å²) in [7, 11) is 0. The van der Waals surface area contributed by atoms with Crippen molar-refractivity contribution in [3.8, 4) is 0 Å². The van der Waals surface area contributed by atoms with Gasteiger partial charge in [-0.2, -0.15) is 0 Å². The Morgan fingerprint density at radius 2 is 2.19 bits per heavy atom. The molecule has 0 radical (unpaired) electrons. The molecule has 0 saturated heterocycles. The fraction of sp³-hybridized carbons (Fsp3) is 0.250. The van der Waals surface area contributed by atoms with Crippen LogP contribution in [0.3, 0.4) is 0 Å². The number of nitrogens with one attached hydrogen (secondary N) is 1. The lowest BCUT2D eigenvalue weighted by Crippen LogP contribution is -2.19. The van der Waals surface area contributed by atoms with Crippen LogP contribution in [-0.4, -0.2) is 16.1 Å². The van der Waals surface area contributed by atoms with E-state index in [-0.39, 0.29) is 11.6 Å². The van der Waals surface area contributed by atoms with Crippen LogP contribution >= 0.6 is 15.9 Å². The summed E-state index contributed by atoms with van der Waals surface area (Å²) in [5.41, 5.74) is 2.76. The smallest absolute Gasteiger partial charge is 0.339 e. The highest BCUT2D eigenvalue weighted by molar-refractivity contribution is 9.10. The number of hydrogen-bond acceptors (Lipinski definition) is 3. The molecule has 0 aliphatic heterocycles. The number of nitrogens with zero attached hydrogens (tertiary/aromatic N) is 1. The van der Waals surface area contributed by atoms with Gasteiger partial charge in [0.15, 0.2) is 0 Å². The maximum absolute atomic E-state index is 11.4. The molecule has 108 valence electrons. The van der Waals surface area contributed by atoms with Crippen molar-refractivity contribution in [1.82, 2.24) is 4.98 Å². The second-order valence-corrected chi connectivity index (χ2v) is 6.06. The SMILES string of the molecule is O=C(O)c1cc(Br)cnc1NC1CCCc2ccccc21. The molecule has 0 spiro atoms. The van der Waals surface area contributed by atoms with Crippen LogP contribution in [0.1, 0.15) is 40.4 Å². The van der Waals surface area contributed by atoms with Crippen molar-refractivity contribution in [2.75, 3.05) is 5.32 Å². The normalized spacial score (nSPS) is 17.1. The Kier molecular flexibility index (Phi) is 3.92. The van der Waals surface area contributed by atoms with Gasteiger partial charge < -0.3 is 10.4 Å². The Labute approximate surface area is 131 Å². The lowest BCUT2D eigenvalue weighted by molar-refractivity contribution is 0.0697. The topological polar surface area (TPSA) is 62.2 Å². The number of carboxylic acids is 1. The monoisotopic (exact) mass is 346 g/mol. The first-order valence-corrected chi connectivity index (χ1v) is 7.67. The van der Waals surface area contributed by atoms with Crippen LogP contribution in [0.5, 0.6) is 0 Å². The average Bonchev–Trinajstić information content (AvgIpc) is 2.49. The minimum absolute atomic E-state index is 0.113. The van der Waals surface area contributed by atoms with Gasteiger partial charge in [-0.1, -0.05) is 24.3 Å². The first-order chi connectivity index (χ1) is 10.1. The molecule has 3 rings (SSSR count). The Morgan fingerprint density at radius 3 is 3.00 bits per heavy atom. The molecule has 2 aromatic rings. The van der Waals surface area contributed by atoms with Crippen LogP contribution < -0.4 is 5.32 Å². The van der Waals surface area contributed by atoms with E-state index in [1.165, 1.54) is 11.1 Å². The zero-order valence-corrected chi connectivity index (χ0v) is 12.9. The number of benzene rings is 1. The highest BCUT2D eigenvalue weighted by atomic mass is 79.9. The average molecular weight is 347 g/mol. The zero-order chi connectivity index (χ0) is 14.8. The van der Waals surface area contributed by atoms with Crippen molar-refractivity contribution in [2.24, 2.45) is 0 Å². The largest absolute Gasteiger partial charge is 0.478 e. The number of aromatic carboxylic acids is 1. The van der Waals surface area contributed by atoms with Gasteiger partial charge in [0.1, 0.15) is 11.4 Å². The molecule has 1 unspecified atom stereocenters. The molecule has 0 amide bonds. The lowest BCUT2D eigenvalue weighted by Gasteiger charge is -2.27. The van der Waals surface area contributed by atoms with Gasteiger partial charge in [0.2, 0.25) is 0 Å². The zero-order valence-electron chi connectivity index (χ0n) is 11.3. The number of pyridine rings is 1. The van der Waals surface area contributed by atoms with E-state index in [2.05, 4.69) is 38.4 Å². The summed E-state index contributed by atoms with van der Waals surface area (Å²) in [5, 5.41) is 12.6. The second-order valence-electron chi connectivity index (χ2n) is 5.14. The number of carbonyl (C=O) groups is 1. The second kappa shape index (κ2) is 5.85. The molecule has 1 heterocycles. The Bertz CT molecular complexity index is 688. The minimum Gasteiger partial charge on any atom is -0.478 e. The van der Waals surface area contributed by atoms with E-state index in [9.17, 15) is 9.90 Å². The van der Waals surface area contributed by atoms with Crippen molar-refractivity contribution in [1.29, 1.82) is 0 Å². The summed E-state index contributed by atoms with van der Waals surface area (Å²) in [6.45, 7) is 0. The number of halogens is 1. The molecule has 21 heavy (non-hydrogen) atoms. The third-order valence-corrected chi connectivity index (χ3v) is 4.20. The molecule has 4 nitrogen and oxygen atoms in total. The third-order valence-electron chi connectivity index (χ3n) is 3.77. The van der Waals surface area contributed by atoms with Crippen LogP contribution in [0.2, 0.25) is 0 Å². The fourth-order valence-corrected chi connectivity index (χ4v) is 3.12. The summed E-state index contributed by atoms with van der Waals surface area (Å²) >= 11 is 3.26. The summed E-state index contributed by atoms with van der Waals surface area (Å²) in [6.07, 6.45) is 4.76. The highest BCUT2D eigenvalue weighted by Gasteiger charge is 2.22. The van der Waals surface area contributed by atoms with Crippen molar-refractivity contribution >= 4 is 27.7 Å². The van der Waals surface area contributed by atoms with E-state index < -0.39 is 5.97 Å². The Hall–Kier alpha value is -1.88. The number of aromatic nitrogens is 1. The number of fused-ring (bicyclic) bond motifs is 1. The molecule has 0 bridgehead atoms. The van der Waals surface area contributed by atoms with E-state index in [1.807, 2.05) is 12.1 Å². The molecule has 0 fully saturated rings. The van der Waals surface area contributed by atoms with Crippen molar-refractivity contribution in [3.63, 3.8) is 0 Å². The van der Waals surface area contributed by atoms with Gasteiger partial charge >= 0.3 is 5.97 Å². The number of hydrogen-bond donors (Lipinski definition) is 2. The standard InChI is InChI=1S/C16H15BrN2O2/c17-11-8-13(16(20)21)15(18-9-11)19-14-7-3-5-10-4-1-2-6-12(10)14/h1-2,4,6,8-9,14H,3,5,7H2,(H,18,19)(H,20,21). The number of rotatable bonds is 3. The van der Waals surface area contributed by atoms with Gasteiger partial charge in [0, 0.05) is 10.7 Å². The van der Waals surface area contributed by atoms with Gasteiger partial charge in [0.25, 0.3) is 0 Å². The highest BCUT2D eigenvalue weighted by Crippen LogP contribution is 2.33. The van der Waals surface area contributed by atoms with Gasteiger partial charge in [0.05, 0.1) is 6.04 Å². The molecule has 1 aliphatic carbocycles. The van der Waals surface area contributed by atoms with E-state index in [0.29, 0.717) is 10.3 Å². The van der Waals surface area contributed by atoms with E-state index in [4.69, 9.17) is 0 Å². The van der Waals surface area contributed by atoms with Crippen LogP contribution in [0.4, 0.5) is 5.82 Å². The molecule has 1 aromatic carbocycles. The quantitative estimate of drug-likeness (QED) is 0.880. The molecule has 2 N–H and O–H groups in total. The maximum atomic E-state index is 11.4. The molecule has 0 saturated carbocycles. The summed E-state index contributed by atoms with van der Waals surface area (Å²) < 4.78 is 0.662. The van der Waals surface area contributed by atoms with Crippen LogP contribution in [0.15, 0.2) is 41.0 Å². The molecule has 5 heteroatoms. The molecule has 1 atom stereocenters. The summed E-state index contributed by atoms with van der Waals surface area (Å²) in [5.74, 6) is -0.553. The predicted molar refractivity (Wildman–Crippen MR) is 84.6 cm³/mol. The molecular weight excluding hydrogens is 332 g/mol. The maximum Gasteiger partial charge on any atom is 0.339 e. The Morgan fingerprint density at radius 1 is 1.38 bits per heavy atom. The molecule has 1 aromatic heterocycles.